The molecule has 0 amide bonds. The Morgan fingerprint density at radius 3 is 2.75 bits per heavy atom. The third kappa shape index (κ3) is 4.56. The molecule has 112 valence electrons. The molecule has 1 aliphatic heterocycles. The summed E-state index contributed by atoms with van der Waals surface area (Å²) in [4.78, 5) is 0. The molecule has 1 saturated heterocycles. The van der Waals surface area contributed by atoms with E-state index in [1.165, 1.54) is 30.8 Å². The Hall–Kier alpha value is 0.110. The molecule has 4 heteroatoms. The van der Waals surface area contributed by atoms with Gasteiger partial charge in [-0.3, -0.25) is 0 Å². The van der Waals surface area contributed by atoms with Gasteiger partial charge in [0, 0.05) is 6.04 Å². The van der Waals surface area contributed by atoms with Crippen molar-refractivity contribution in [3.05, 3.63) is 33.8 Å². The molecule has 1 aromatic carbocycles. The molecule has 0 spiro atoms. The molecule has 1 N–H and O–H groups in total. The van der Waals surface area contributed by atoms with Crippen LogP contribution in [0.1, 0.15) is 44.2 Å². The van der Waals surface area contributed by atoms with E-state index in [0.29, 0.717) is 16.1 Å². The Morgan fingerprint density at radius 1 is 1.30 bits per heavy atom. The van der Waals surface area contributed by atoms with Crippen molar-refractivity contribution in [3.63, 3.8) is 0 Å². The molecule has 1 nitrogen and oxygen atoms in total. The van der Waals surface area contributed by atoms with Crippen molar-refractivity contribution in [2.24, 2.45) is 5.92 Å². The number of thioether (sulfide) groups is 1. The van der Waals surface area contributed by atoms with Crippen LogP contribution in [0.4, 0.5) is 0 Å². The number of nitrogens with one attached hydrogen (secondary N) is 1. The highest BCUT2D eigenvalue weighted by atomic mass is 35.5. The first-order valence-electron chi connectivity index (χ1n) is 7.47. The number of halogens is 2. The predicted molar refractivity (Wildman–Crippen MR) is 92.2 cm³/mol. The molecule has 0 bridgehead atoms. The lowest BCUT2D eigenvalue weighted by Gasteiger charge is -2.28. The predicted octanol–water partition coefficient (Wildman–Crippen LogP) is 5.57. The lowest BCUT2D eigenvalue weighted by Crippen LogP contribution is -2.26. The fourth-order valence-corrected chi connectivity index (χ4v) is 4.39. The van der Waals surface area contributed by atoms with E-state index >= 15 is 0 Å². The summed E-state index contributed by atoms with van der Waals surface area (Å²) in [5.74, 6) is 3.41. The summed E-state index contributed by atoms with van der Waals surface area (Å²) in [6, 6.07) is 6.30. The Kier molecular flexibility index (Phi) is 7.03. The summed E-state index contributed by atoms with van der Waals surface area (Å²) in [5, 5.41) is 5.03. The SMILES string of the molecule is CCCNC(CC1CCSCC1)c1cccc(Cl)c1Cl. The Bertz CT molecular complexity index is 419. The van der Waals surface area contributed by atoms with E-state index in [-0.39, 0.29) is 0 Å². The summed E-state index contributed by atoms with van der Waals surface area (Å²) >= 11 is 14.7. The van der Waals surface area contributed by atoms with Crippen molar-refractivity contribution in [1.29, 1.82) is 0 Å². The standard InChI is InChI=1S/C16H23Cl2NS/c1-2-8-19-15(11-12-6-9-20-10-7-12)13-4-3-5-14(17)16(13)18/h3-5,12,15,19H,2,6-11H2,1H3. The molecular formula is C16H23Cl2NS. The second kappa shape index (κ2) is 8.53. The molecule has 1 heterocycles. The Labute approximate surface area is 136 Å². The first kappa shape index (κ1) is 16.5. The molecular weight excluding hydrogens is 309 g/mol. The average molecular weight is 332 g/mol. The smallest absolute Gasteiger partial charge is 0.0640 e. The van der Waals surface area contributed by atoms with Gasteiger partial charge >= 0.3 is 0 Å². The van der Waals surface area contributed by atoms with E-state index in [2.05, 4.69) is 30.1 Å². The van der Waals surface area contributed by atoms with Gasteiger partial charge in [-0.05, 0) is 61.3 Å². The van der Waals surface area contributed by atoms with Gasteiger partial charge in [0.2, 0.25) is 0 Å². The highest BCUT2D eigenvalue weighted by molar-refractivity contribution is 7.99. The summed E-state index contributed by atoms with van der Waals surface area (Å²) in [5.41, 5.74) is 1.16. The molecule has 0 saturated carbocycles. The van der Waals surface area contributed by atoms with Gasteiger partial charge < -0.3 is 5.32 Å². The molecule has 0 radical (unpaired) electrons. The zero-order valence-corrected chi connectivity index (χ0v) is 14.3. The zero-order valence-electron chi connectivity index (χ0n) is 12.0. The second-order valence-corrected chi connectivity index (χ2v) is 7.45. The third-order valence-corrected chi connectivity index (χ3v) is 5.79. The number of hydrogen-bond donors (Lipinski definition) is 1. The first-order chi connectivity index (χ1) is 9.72. The van der Waals surface area contributed by atoms with E-state index in [1.807, 2.05) is 12.1 Å². The van der Waals surface area contributed by atoms with Crippen molar-refractivity contribution in [2.45, 2.75) is 38.6 Å². The second-order valence-electron chi connectivity index (χ2n) is 5.44. The lowest BCUT2D eigenvalue weighted by molar-refractivity contribution is 0.370. The summed E-state index contributed by atoms with van der Waals surface area (Å²) in [6.45, 7) is 3.22. The van der Waals surface area contributed by atoms with Crippen molar-refractivity contribution < 1.29 is 0 Å². The molecule has 1 aliphatic rings. The number of rotatable bonds is 6. The normalized spacial score (nSPS) is 18.1. The minimum atomic E-state index is 0.328. The summed E-state index contributed by atoms with van der Waals surface area (Å²) in [7, 11) is 0. The van der Waals surface area contributed by atoms with E-state index < -0.39 is 0 Å². The van der Waals surface area contributed by atoms with Gasteiger partial charge in [0.1, 0.15) is 0 Å². The summed E-state index contributed by atoms with van der Waals surface area (Å²) in [6.07, 6.45) is 4.95. The maximum absolute atomic E-state index is 6.41. The van der Waals surface area contributed by atoms with Gasteiger partial charge in [-0.2, -0.15) is 11.8 Å². The summed E-state index contributed by atoms with van der Waals surface area (Å²) < 4.78 is 0. The Morgan fingerprint density at radius 2 is 2.05 bits per heavy atom. The first-order valence-corrected chi connectivity index (χ1v) is 9.38. The third-order valence-electron chi connectivity index (χ3n) is 3.91. The van der Waals surface area contributed by atoms with Gasteiger partial charge in [0.15, 0.2) is 0 Å². The van der Waals surface area contributed by atoms with E-state index in [1.54, 1.807) is 0 Å². The van der Waals surface area contributed by atoms with Crippen molar-refractivity contribution in [1.82, 2.24) is 5.32 Å². The average Bonchev–Trinajstić information content (AvgIpc) is 2.48. The quantitative estimate of drug-likeness (QED) is 0.731. The van der Waals surface area contributed by atoms with Crippen LogP contribution in [0.15, 0.2) is 18.2 Å². The van der Waals surface area contributed by atoms with Crippen LogP contribution in [0.25, 0.3) is 0 Å². The van der Waals surface area contributed by atoms with Crippen molar-refractivity contribution in [3.8, 4) is 0 Å². The lowest BCUT2D eigenvalue weighted by atomic mass is 9.90. The fourth-order valence-electron chi connectivity index (χ4n) is 2.74. The molecule has 2 rings (SSSR count). The maximum atomic E-state index is 6.41. The van der Waals surface area contributed by atoms with Gasteiger partial charge in [0.25, 0.3) is 0 Å². The highest BCUT2D eigenvalue weighted by Crippen LogP contribution is 2.36. The van der Waals surface area contributed by atoms with Crippen LogP contribution in [-0.2, 0) is 0 Å². The molecule has 1 unspecified atom stereocenters. The minimum absolute atomic E-state index is 0.328. The van der Waals surface area contributed by atoms with E-state index in [9.17, 15) is 0 Å². The van der Waals surface area contributed by atoms with Crippen LogP contribution in [-0.4, -0.2) is 18.1 Å². The largest absolute Gasteiger partial charge is 0.310 e. The fraction of sp³-hybridized carbons (Fsp3) is 0.625. The number of benzene rings is 1. The van der Waals surface area contributed by atoms with Crippen LogP contribution in [0.2, 0.25) is 10.0 Å². The van der Waals surface area contributed by atoms with Gasteiger partial charge in [-0.1, -0.05) is 42.3 Å². The van der Waals surface area contributed by atoms with E-state index in [4.69, 9.17) is 23.2 Å². The Balaban J connectivity index is 2.11. The molecule has 1 atom stereocenters. The monoisotopic (exact) mass is 331 g/mol. The zero-order chi connectivity index (χ0) is 14.4. The van der Waals surface area contributed by atoms with Crippen molar-refractivity contribution in [2.75, 3.05) is 18.1 Å². The molecule has 0 aliphatic carbocycles. The van der Waals surface area contributed by atoms with Gasteiger partial charge in [-0.15, -0.1) is 0 Å². The van der Waals surface area contributed by atoms with Gasteiger partial charge in [0.05, 0.1) is 10.0 Å². The van der Waals surface area contributed by atoms with Crippen LogP contribution in [0.3, 0.4) is 0 Å². The van der Waals surface area contributed by atoms with Crippen molar-refractivity contribution >= 4 is 35.0 Å². The molecule has 1 aromatic rings. The molecule has 1 fully saturated rings. The van der Waals surface area contributed by atoms with Gasteiger partial charge in [-0.25, -0.2) is 0 Å². The van der Waals surface area contributed by atoms with E-state index in [0.717, 1.165) is 24.4 Å². The number of hydrogen-bond acceptors (Lipinski definition) is 2. The minimum Gasteiger partial charge on any atom is -0.310 e. The highest BCUT2D eigenvalue weighted by Gasteiger charge is 2.22. The molecule has 0 aromatic heterocycles. The van der Waals surface area contributed by atoms with Crippen LogP contribution in [0, 0.1) is 5.92 Å². The van der Waals surface area contributed by atoms with Crippen LogP contribution in [0.5, 0.6) is 0 Å². The topological polar surface area (TPSA) is 12.0 Å². The van der Waals surface area contributed by atoms with Crippen LogP contribution < -0.4 is 5.32 Å². The molecule has 20 heavy (non-hydrogen) atoms. The maximum Gasteiger partial charge on any atom is 0.0640 e. The van der Waals surface area contributed by atoms with Crippen LogP contribution >= 0.6 is 35.0 Å².